The van der Waals surface area contributed by atoms with Crippen molar-refractivity contribution in [2.45, 2.75) is 38.8 Å². The van der Waals surface area contributed by atoms with Crippen molar-refractivity contribution in [3.05, 3.63) is 59.2 Å². The minimum absolute atomic E-state index is 0.0345. The first-order valence-corrected chi connectivity index (χ1v) is 8.77. The minimum Gasteiger partial charge on any atom is -0.454 e. The molecule has 0 aliphatic carbocycles. The molecule has 0 bridgehead atoms. The Labute approximate surface area is 154 Å². The fourth-order valence-electron chi connectivity index (χ4n) is 2.92. The predicted octanol–water partition coefficient (Wildman–Crippen LogP) is 3.39. The summed E-state index contributed by atoms with van der Waals surface area (Å²) in [5.41, 5.74) is 1.98. The molecule has 0 spiro atoms. The van der Waals surface area contributed by atoms with Gasteiger partial charge < -0.3 is 19.5 Å². The lowest BCUT2D eigenvalue weighted by atomic mass is 9.98. The van der Waals surface area contributed by atoms with Crippen molar-refractivity contribution in [2.75, 3.05) is 13.8 Å². The summed E-state index contributed by atoms with van der Waals surface area (Å²) < 4.78 is 10.7. The molecule has 0 radical (unpaired) electrons. The van der Waals surface area contributed by atoms with Gasteiger partial charge in [-0.1, -0.05) is 18.2 Å². The van der Waals surface area contributed by atoms with Crippen LogP contribution >= 0.6 is 0 Å². The largest absolute Gasteiger partial charge is 0.454 e. The van der Waals surface area contributed by atoms with E-state index in [0.29, 0.717) is 18.5 Å². The minimum atomic E-state index is -0.712. The molecule has 26 heavy (non-hydrogen) atoms. The Balaban J connectivity index is 1.66. The first kappa shape index (κ1) is 18.3. The number of aryl methyl sites for hydroxylation is 1. The van der Waals surface area contributed by atoms with Gasteiger partial charge in [0.25, 0.3) is 5.91 Å². The molecule has 138 valence electrons. The predicted molar refractivity (Wildman–Crippen MR) is 99.4 cm³/mol. The highest BCUT2D eigenvalue weighted by Gasteiger charge is 2.17. The molecule has 1 aliphatic rings. The van der Waals surface area contributed by atoms with Crippen LogP contribution in [0.5, 0.6) is 11.5 Å². The van der Waals surface area contributed by atoms with Crippen molar-refractivity contribution in [2.24, 2.45) is 0 Å². The molecule has 1 heterocycles. The Morgan fingerprint density at radius 3 is 2.65 bits per heavy atom. The molecule has 3 rings (SSSR count). The Morgan fingerprint density at radius 1 is 1.12 bits per heavy atom. The zero-order valence-electron chi connectivity index (χ0n) is 15.5. The lowest BCUT2D eigenvalue weighted by molar-refractivity contribution is 0.0714. The third-order valence-electron chi connectivity index (χ3n) is 4.40. The van der Waals surface area contributed by atoms with E-state index in [1.54, 1.807) is 25.8 Å². The smallest absolute Gasteiger partial charge is 0.253 e. The summed E-state index contributed by atoms with van der Waals surface area (Å²) in [5.74, 6) is 1.42. The summed E-state index contributed by atoms with van der Waals surface area (Å²) in [6.07, 6.45) is 1.38. The van der Waals surface area contributed by atoms with Gasteiger partial charge in [-0.2, -0.15) is 0 Å². The number of rotatable bonds is 6. The monoisotopic (exact) mass is 355 g/mol. The van der Waals surface area contributed by atoms with Gasteiger partial charge in [0.05, 0.1) is 5.60 Å². The third kappa shape index (κ3) is 4.55. The molecule has 1 aliphatic heterocycles. The van der Waals surface area contributed by atoms with Gasteiger partial charge in [-0.05, 0) is 62.1 Å². The molecule has 2 aromatic carbocycles. The Hall–Kier alpha value is -2.53. The first-order valence-electron chi connectivity index (χ1n) is 8.77. The maximum Gasteiger partial charge on any atom is 0.253 e. The van der Waals surface area contributed by atoms with Crippen LogP contribution in [0.4, 0.5) is 0 Å². The fourth-order valence-corrected chi connectivity index (χ4v) is 2.92. The average Bonchev–Trinajstić information content (AvgIpc) is 3.06. The van der Waals surface area contributed by atoms with Crippen molar-refractivity contribution >= 4 is 5.91 Å². The lowest BCUT2D eigenvalue weighted by Gasteiger charge is -2.19. The summed E-state index contributed by atoms with van der Waals surface area (Å²) >= 11 is 0. The number of ether oxygens (including phenoxy) is 2. The number of nitrogens with zero attached hydrogens (tertiary/aromatic N) is 1. The second-order valence-corrected chi connectivity index (χ2v) is 7.36. The summed E-state index contributed by atoms with van der Waals surface area (Å²) in [4.78, 5) is 14.4. The van der Waals surface area contributed by atoms with E-state index in [4.69, 9.17) is 9.47 Å². The molecule has 0 aromatic heterocycles. The van der Waals surface area contributed by atoms with Crippen LogP contribution in [0.2, 0.25) is 0 Å². The number of fused-ring (bicyclic) bond motifs is 1. The molecule has 0 saturated carbocycles. The standard InChI is InChI=1S/C21H25NO4/c1-21(2,24)10-9-15-5-4-6-17(11-15)20(23)22(3)13-16-7-8-18-19(12-16)26-14-25-18/h4-8,11-12,24H,9-10,13-14H2,1-3H3. The zero-order chi connectivity index (χ0) is 18.7. The molecule has 0 fully saturated rings. The molecular weight excluding hydrogens is 330 g/mol. The second-order valence-electron chi connectivity index (χ2n) is 7.36. The number of aliphatic hydroxyl groups is 1. The molecule has 1 N–H and O–H groups in total. The van der Waals surface area contributed by atoms with Gasteiger partial charge in [0.15, 0.2) is 11.5 Å². The Kier molecular flexibility index (Phi) is 5.18. The maximum atomic E-state index is 12.8. The molecule has 0 unspecified atom stereocenters. The van der Waals surface area contributed by atoms with Crippen LogP contribution in [0.1, 0.15) is 41.8 Å². The Bertz CT molecular complexity index is 795. The maximum absolute atomic E-state index is 12.8. The molecule has 1 amide bonds. The van der Waals surface area contributed by atoms with Crippen LogP contribution in [-0.4, -0.2) is 35.4 Å². The van der Waals surface area contributed by atoms with Gasteiger partial charge in [-0.25, -0.2) is 0 Å². The van der Waals surface area contributed by atoms with Crippen molar-refractivity contribution in [1.29, 1.82) is 0 Å². The van der Waals surface area contributed by atoms with Crippen molar-refractivity contribution in [3.63, 3.8) is 0 Å². The quantitative estimate of drug-likeness (QED) is 0.863. The van der Waals surface area contributed by atoms with Crippen LogP contribution in [0, 0.1) is 0 Å². The molecule has 5 nitrogen and oxygen atoms in total. The van der Waals surface area contributed by atoms with Crippen molar-refractivity contribution in [3.8, 4) is 11.5 Å². The van der Waals surface area contributed by atoms with E-state index in [1.165, 1.54) is 0 Å². The number of amides is 1. The van der Waals surface area contributed by atoms with Gasteiger partial charge in [-0.3, -0.25) is 4.79 Å². The van der Waals surface area contributed by atoms with E-state index in [-0.39, 0.29) is 12.7 Å². The van der Waals surface area contributed by atoms with Gasteiger partial charge in [0.2, 0.25) is 6.79 Å². The van der Waals surface area contributed by atoms with Crippen molar-refractivity contribution in [1.82, 2.24) is 4.90 Å². The normalized spacial score (nSPS) is 12.9. The molecule has 2 aromatic rings. The van der Waals surface area contributed by atoms with Crippen LogP contribution in [-0.2, 0) is 13.0 Å². The van der Waals surface area contributed by atoms with Crippen LogP contribution in [0.25, 0.3) is 0 Å². The third-order valence-corrected chi connectivity index (χ3v) is 4.40. The summed E-state index contributed by atoms with van der Waals surface area (Å²) in [6.45, 7) is 4.32. The zero-order valence-corrected chi connectivity index (χ0v) is 15.5. The summed E-state index contributed by atoms with van der Waals surface area (Å²) in [7, 11) is 1.79. The van der Waals surface area contributed by atoms with Crippen LogP contribution in [0.15, 0.2) is 42.5 Å². The molecular formula is C21H25NO4. The highest BCUT2D eigenvalue weighted by Crippen LogP contribution is 2.32. The average molecular weight is 355 g/mol. The molecule has 0 atom stereocenters. The van der Waals surface area contributed by atoms with E-state index >= 15 is 0 Å². The summed E-state index contributed by atoms with van der Waals surface area (Å²) in [5, 5.41) is 9.88. The Morgan fingerprint density at radius 2 is 1.88 bits per heavy atom. The van der Waals surface area contributed by atoms with Crippen LogP contribution in [0.3, 0.4) is 0 Å². The first-order chi connectivity index (χ1) is 12.3. The highest BCUT2D eigenvalue weighted by atomic mass is 16.7. The number of hydrogen-bond donors (Lipinski definition) is 1. The fraction of sp³-hybridized carbons (Fsp3) is 0.381. The van der Waals surface area contributed by atoms with Gasteiger partial charge in [0.1, 0.15) is 0 Å². The summed E-state index contributed by atoms with van der Waals surface area (Å²) in [6, 6.07) is 13.3. The SMILES string of the molecule is CN(Cc1ccc2c(c1)OCO2)C(=O)c1cccc(CCC(C)(C)O)c1. The highest BCUT2D eigenvalue weighted by molar-refractivity contribution is 5.94. The molecule has 5 heteroatoms. The van der Waals surface area contributed by atoms with Crippen molar-refractivity contribution < 1.29 is 19.4 Å². The second kappa shape index (κ2) is 7.38. The van der Waals surface area contributed by atoms with Gasteiger partial charge in [-0.15, -0.1) is 0 Å². The van der Waals surface area contributed by atoms with Gasteiger partial charge in [0, 0.05) is 19.2 Å². The lowest BCUT2D eigenvalue weighted by Crippen LogP contribution is -2.26. The number of benzene rings is 2. The van der Waals surface area contributed by atoms with Crippen LogP contribution < -0.4 is 9.47 Å². The van der Waals surface area contributed by atoms with Gasteiger partial charge >= 0.3 is 0 Å². The molecule has 0 saturated heterocycles. The topological polar surface area (TPSA) is 59.0 Å². The number of carbonyl (C=O) groups is 1. The van der Waals surface area contributed by atoms with E-state index in [1.807, 2.05) is 42.5 Å². The van der Waals surface area contributed by atoms with E-state index in [9.17, 15) is 9.90 Å². The van der Waals surface area contributed by atoms with E-state index < -0.39 is 5.60 Å². The van der Waals surface area contributed by atoms with E-state index in [0.717, 1.165) is 29.0 Å². The van der Waals surface area contributed by atoms with E-state index in [2.05, 4.69) is 0 Å². The number of carbonyl (C=O) groups excluding carboxylic acids is 1. The number of hydrogen-bond acceptors (Lipinski definition) is 4.